The van der Waals surface area contributed by atoms with Crippen LogP contribution < -0.4 is 0 Å². The van der Waals surface area contributed by atoms with Gasteiger partial charge in [-0.1, -0.05) is 18.2 Å². The van der Waals surface area contributed by atoms with Crippen LogP contribution in [0.4, 0.5) is 0 Å². The molecule has 2 heterocycles. The Morgan fingerprint density at radius 1 is 1.15 bits per heavy atom. The minimum Gasteiger partial charge on any atom is -0.288 e. The maximum Gasteiger partial charge on any atom is 0.146 e. The van der Waals surface area contributed by atoms with Crippen LogP contribution in [0.1, 0.15) is 17.1 Å². The number of aromatic nitrogens is 4. The van der Waals surface area contributed by atoms with Gasteiger partial charge in [0.15, 0.2) is 0 Å². The maximum atomic E-state index is 6.12. The predicted octanol–water partition coefficient (Wildman–Crippen LogP) is 3.41. The van der Waals surface area contributed by atoms with Crippen LogP contribution >= 0.6 is 11.6 Å². The van der Waals surface area contributed by atoms with Crippen LogP contribution in [0.2, 0.25) is 0 Å². The van der Waals surface area contributed by atoms with Crippen LogP contribution in [0.5, 0.6) is 0 Å². The first-order valence-corrected chi connectivity index (χ1v) is 6.96. The van der Waals surface area contributed by atoms with Crippen molar-refractivity contribution in [2.75, 3.05) is 0 Å². The molecule has 0 aliphatic carbocycles. The van der Waals surface area contributed by atoms with Gasteiger partial charge in [-0.25, -0.2) is 9.67 Å². The Balaban J connectivity index is 2.29. The van der Waals surface area contributed by atoms with Crippen LogP contribution in [-0.4, -0.2) is 19.3 Å². The lowest BCUT2D eigenvalue weighted by Gasteiger charge is -2.11. The second-order valence-electron chi connectivity index (χ2n) is 4.61. The Kier molecular flexibility index (Phi) is 3.32. The van der Waals surface area contributed by atoms with Gasteiger partial charge in [0.2, 0.25) is 0 Å². The fraction of sp³-hybridized carbons (Fsp3) is 0.200. The first kappa shape index (κ1) is 12.9. The molecule has 0 bridgehead atoms. The number of rotatable bonds is 3. The molecule has 2 aromatic heterocycles. The van der Waals surface area contributed by atoms with Crippen LogP contribution in [0.25, 0.3) is 11.5 Å². The third-order valence-corrected chi connectivity index (χ3v) is 3.61. The molecule has 0 aliphatic heterocycles. The van der Waals surface area contributed by atoms with Crippen LogP contribution in [-0.2, 0) is 5.88 Å². The summed E-state index contributed by atoms with van der Waals surface area (Å²) >= 11 is 6.12. The molecule has 0 N–H and O–H groups in total. The van der Waals surface area contributed by atoms with Gasteiger partial charge in [0.1, 0.15) is 11.6 Å². The van der Waals surface area contributed by atoms with Crippen molar-refractivity contribution in [3.05, 3.63) is 59.8 Å². The lowest BCUT2D eigenvalue weighted by atomic mass is 10.2. The zero-order chi connectivity index (χ0) is 14.1. The SMILES string of the molecule is Cc1nn(-c2ccccc2)c(-n2ccnc2C)c1CCl. The second kappa shape index (κ2) is 5.13. The van der Waals surface area contributed by atoms with E-state index in [1.54, 1.807) is 6.20 Å². The van der Waals surface area contributed by atoms with Gasteiger partial charge in [0.05, 0.1) is 17.3 Å². The van der Waals surface area contributed by atoms with Gasteiger partial charge in [0, 0.05) is 18.0 Å². The predicted molar refractivity (Wildman–Crippen MR) is 79.7 cm³/mol. The molecule has 0 spiro atoms. The van der Waals surface area contributed by atoms with Crippen LogP contribution in [0, 0.1) is 13.8 Å². The highest BCUT2D eigenvalue weighted by Gasteiger charge is 2.18. The third-order valence-electron chi connectivity index (χ3n) is 3.35. The normalized spacial score (nSPS) is 10.9. The fourth-order valence-corrected chi connectivity index (χ4v) is 2.62. The summed E-state index contributed by atoms with van der Waals surface area (Å²) in [5, 5.41) is 4.63. The lowest BCUT2D eigenvalue weighted by molar-refractivity contribution is 0.797. The second-order valence-corrected chi connectivity index (χ2v) is 4.88. The molecule has 0 saturated carbocycles. The summed E-state index contributed by atoms with van der Waals surface area (Å²) in [5.74, 6) is 2.29. The molecule has 0 atom stereocenters. The Bertz CT molecular complexity index is 728. The average Bonchev–Trinajstić information content (AvgIpc) is 3.02. The Morgan fingerprint density at radius 3 is 2.50 bits per heavy atom. The number of alkyl halides is 1. The molecule has 0 fully saturated rings. The van der Waals surface area contributed by atoms with Gasteiger partial charge in [-0.15, -0.1) is 11.6 Å². The van der Waals surface area contributed by atoms with Crippen LogP contribution in [0.3, 0.4) is 0 Å². The first-order valence-electron chi connectivity index (χ1n) is 6.42. The van der Waals surface area contributed by atoms with Crippen molar-refractivity contribution >= 4 is 11.6 Å². The quantitative estimate of drug-likeness (QED) is 0.692. The molecule has 102 valence electrons. The van der Waals surface area contributed by atoms with Gasteiger partial charge in [-0.05, 0) is 26.0 Å². The van der Waals surface area contributed by atoms with E-state index in [0.29, 0.717) is 5.88 Å². The van der Waals surface area contributed by atoms with E-state index >= 15 is 0 Å². The number of benzene rings is 1. The van der Waals surface area contributed by atoms with Crippen molar-refractivity contribution in [3.8, 4) is 11.5 Å². The summed E-state index contributed by atoms with van der Waals surface area (Å²) in [6, 6.07) is 10.0. The Morgan fingerprint density at radius 2 is 1.90 bits per heavy atom. The average molecular weight is 287 g/mol. The molecular formula is C15H15ClN4. The van der Waals surface area contributed by atoms with E-state index in [-0.39, 0.29) is 0 Å². The molecule has 0 unspecified atom stereocenters. The topological polar surface area (TPSA) is 35.6 Å². The van der Waals surface area contributed by atoms with Crippen molar-refractivity contribution in [2.45, 2.75) is 19.7 Å². The maximum absolute atomic E-state index is 6.12. The summed E-state index contributed by atoms with van der Waals surface area (Å²) in [6.07, 6.45) is 3.71. The molecule has 0 radical (unpaired) electrons. The van der Waals surface area contributed by atoms with Crippen molar-refractivity contribution in [2.24, 2.45) is 0 Å². The minimum atomic E-state index is 0.422. The number of halogens is 1. The van der Waals surface area contributed by atoms with Crippen molar-refractivity contribution < 1.29 is 0 Å². The third kappa shape index (κ3) is 2.02. The van der Waals surface area contributed by atoms with Gasteiger partial charge >= 0.3 is 0 Å². The largest absolute Gasteiger partial charge is 0.288 e. The highest BCUT2D eigenvalue weighted by atomic mass is 35.5. The zero-order valence-electron chi connectivity index (χ0n) is 11.4. The van der Waals surface area contributed by atoms with E-state index in [2.05, 4.69) is 10.1 Å². The summed E-state index contributed by atoms with van der Waals surface area (Å²) in [5.41, 5.74) is 2.97. The molecule has 3 rings (SSSR count). The monoisotopic (exact) mass is 286 g/mol. The zero-order valence-corrected chi connectivity index (χ0v) is 12.2. The standard InChI is InChI=1S/C15H15ClN4/c1-11-14(10-16)15(19-9-8-17-12(19)2)20(18-11)13-6-4-3-5-7-13/h3-9H,10H2,1-2H3. The van der Waals surface area contributed by atoms with E-state index in [4.69, 9.17) is 11.6 Å². The number of imidazole rings is 1. The minimum absolute atomic E-state index is 0.422. The van der Waals surface area contributed by atoms with E-state index in [0.717, 1.165) is 28.6 Å². The molecule has 4 nitrogen and oxygen atoms in total. The molecule has 5 heteroatoms. The van der Waals surface area contributed by atoms with Crippen molar-refractivity contribution in [1.82, 2.24) is 19.3 Å². The molecule has 3 aromatic rings. The highest BCUT2D eigenvalue weighted by Crippen LogP contribution is 2.24. The van der Waals surface area contributed by atoms with Crippen molar-refractivity contribution in [3.63, 3.8) is 0 Å². The van der Waals surface area contributed by atoms with E-state index in [1.807, 2.05) is 59.6 Å². The lowest BCUT2D eigenvalue weighted by Crippen LogP contribution is -2.07. The molecule has 0 saturated heterocycles. The summed E-state index contributed by atoms with van der Waals surface area (Å²) in [4.78, 5) is 4.29. The summed E-state index contributed by atoms with van der Waals surface area (Å²) < 4.78 is 3.94. The Hall–Kier alpha value is -2.07. The Labute approximate surface area is 122 Å². The van der Waals surface area contributed by atoms with Gasteiger partial charge in [-0.3, -0.25) is 4.57 Å². The summed E-state index contributed by atoms with van der Waals surface area (Å²) in [7, 11) is 0. The summed E-state index contributed by atoms with van der Waals surface area (Å²) in [6.45, 7) is 3.95. The molecule has 20 heavy (non-hydrogen) atoms. The number of hydrogen-bond acceptors (Lipinski definition) is 2. The number of hydrogen-bond donors (Lipinski definition) is 0. The number of aryl methyl sites for hydroxylation is 2. The highest BCUT2D eigenvalue weighted by molar-refractivity contribution is 6.17. The van der Waals surface area contributed by atoms with E-state index in [1.165, 1.54) is 0 Å². The van der Waals surface area contributed by atoms with Crippen molar-refractivity contribution in [1.29, 1.82) is 0 Å². The smallest absolute Gasteiger partial charge is 0.146 e. The fourth-order valence-electron chi connectivity index (χ4n) is 2.30. The van der Waals surface area contributed by atoms with Gasteiger partial charge < -0.3 is 0 Å². The number of para-hydroxylation sites is 1. The number of nitrogens with zero attached hydrogens (tertiary/aromatic N) is 4. The molecule has 0 amide bonds. The first-order chi connectivity index (χ1) is 9.72. The molecule has 0 aliphatic rings. The van der Waals surface area contributed by atoms with E-state index in [9.17, 15) is 0 Å². The van der Waals surface area contributed by atoms with Crippen LogP contribution in [0.15, 0.2) is 42.7 Å². The van der Waals surface area contributed by atoms with E-state index < -0.39 is 0 Å². The van der Waals surface area contributed by atoms with Gasteiger partial charge in [0.25, 0.3) is 0 Å². The molecular weight excluding hydrogens is 272 g/mol. The van der Waals surface area contributed by atoms with Gasteiger partial charge in [-0.2, -0.15) is 5.10 Å². The molecule has 1 aromatic carbocycles.